The molecule has 6 heteroatoms. The summed E-state index contributed by atoms with van der Waals surface area (Å²) < 4.78 is 6.39. The molecule has 1 aromatic carbocycles. The lowest BCUT2D eigenvalue weighted by molar-refractivity contribution is -0.138. The second kappa shape index (κ2) is 7.24. The summed E-state index contributed by atoms with van der Waals surface area (Å²) in [6, 6.07) is 7.23. The number of carbonyl (C=O) groups excluding carboxylic acids is 2. The van der Waals surface area contributed by atoms with E-state index in [0.29, 0.717) is 12.2 Å². The van der Waals surface area contributed by atoms with Gasteiger partial charge in [0.2, 0.25) is 11.8 Å². The number of benzene rings is 1. The van der Waals surface area contributed by atoms with Gasteiger partial charge in [0.15, 0.2) is 0 Å². The van der Waals surface area contributed by atoms with Crippen molar-refractivity contribution in [2.45, 2.75) is 32.8 Å². The Labute approximate surface area is 138 Å². The SMILES string of the molecule is CC(C)(C(=O)NCC1CCCO1)C(=O)Nc1ccc(Br)cc1. The van der Waals surface area contributed by atoms with Crippen molar-refractivity contribution >= 4 is 33.4 Å². The highest BCUT2D eigenvalue weighted by Gasteiger charge is 2.36. The van der Waals surface area contributed by atoms with Gasteiger partial charge < -0.3 is 15.4 Å². The number of nitrogens with one attached hydrogen (secondary N) is 2. The van der Waals surface area contributed by atoms with E-state index in [1.54, 1.807) is 26.0 Å². The Morgan fingerprint density at radius 1 is 1.27 bits per heavy atom. The van der Waals surface area contributed by atoms with Gasteiger partial charge >= 0.3 is 0 Å². The molecule has 1 saturated heterocycles. The van der Waals surface area contributed by atoms with Crippen molar-refractivity contribution in [3.05, 3.63) is 28.7 Å². The smallest absolute Gasteiger partial charge is 0.239 e. The summed E-state index contributed by atoms with van der Waals surface area (Å²) in [5.41, 5.74) is -0.487. The molecular weight excluding hydrogens is 348 g/mol. The van der Waals surface area contributed by atoms with E-state index < -0.39 is 5.41 Å². The van der Waals surface area contributed by atoms with E-state index in [0.717, 1.165) is 23.9 Å². The third-order valence-electron chi connectivity index (χ3n) is 3.75. The predicted molar refractivity (Wildman–Crippen MR) is 88.5 cm³/mol. The van der Waals surface area contributed by atoms with Crippen molar-refractivity contribution in [3.8, 4) is 0 Å². The van der Waals surface area contributed by atoms with E-state index in [2.05, 4.69) is 26.6 Å². The molecule has 120 valence electrons. The van der Waals surface area contributed by atoms with Gasteiger partial charge in [-0.05, 0) is 51.0 Å². The van der Waals surface area contributed by atoms with Gasteiger partial charge in [-0.15, -0.1) is 0 Å². The predicted octanol–water partition coefficient (Wildman–Crippen LogP) is 2.71. The Balaban J connectivity index is 1.90. The largest absolute Gasteiger partial charge is 0.376 e. The minimum absolute atomic E-state index is 0.0642. The van der Waals surface area contributed by atoms with E-state index in [4.69, 9.17) is 4.74 Å². The topological polar surface area (TPSA) is 67.4 Å². The highest BCUT2D eigenvalue weighted by molar-refractivity contribution is 9.10. The molecule has 1 aliphatic heterocycles. The second-order valence-corrected chi connectivity index (χ2v) is 6.85. The molecule has 0 aliphatic carbocycles. The second-order valence-electron chi connectivity index (χ2n) is 5.93. The van der Waals surface area contributed by atoms with Gasteiger partial charge in [-0.2, -0.15) is 0 Å². The molecule has 0 spiro atoms. The Morgan fingerprint density at radius 3 is 2.55 bits per heavy atom. The fraction of sp³-hybridized carbons (Fsp3) is 0.500. The highest BCUT2D eigenvalue weighted by atomic mass is 79.9. The molecule has 2 rings (SSSR count). The summed E-state index contributed by atoms with van der Waals surface area (Å²) in [6.07, 6.45) is 2.04. The molecule has 1 fully saturated rings. The molecule has 1 heterocycles. The molecule has 0 saturated carbocycles. The highest BCUT2D eigenvalue weighted by Crippen LogP contribution is 2.21. The van der Waals surface area contributed by atoms with Crippen molar-refractivity contribution in [1.82, 2.24) is 5.32 Å². The Hall–Kier alpha value is -1.40. The number of ether oxygens (including phenoxy) is 1. The lowest BCUT2D eigenvalue weighted by Gasteiger charge is -2.23. The number of halogens is 1. The Bertz CT molecular complexity index is 537. The van der Waals surface area contributed by atoms with Crippen molar-refractivity contribution in [3.63, 3.8) is 0 Å². The number of carbonyl (C=O) groups is 2. The summed E-state index contributed by atoms with van der Waals surface area (Å²) in [5, 5.41) is 5.57. The van der Waals surface area contributed by atoms with Gasteiger partial charge in [0.25, 0.3) is 0 Å². The van der Waals surface area contributed by atoms with Crippen LogP contribution >= 0.6 is 15.9 Å². The van der Waals surface area contributed by atoms with Crippen molar-refractivity contribution in [1.29, 1.82) is 0 Å². The lowest BCUT2D eigenvalue weighted by Crippen LogP contribution is -2.47. The molecule has 22 heavy (non-hydrogen) atoms. The number of hydrogen-bond donors (Lipinski definition) is 2. The molecule has 0 radical (unpaired) electrons. The number of anilines is 1. The molecule has 1 unspecified atom stereocenters. The minimum atomic E-state index is -1.15. The standard InChI is InChI=1S/C16H21BrN2O3/c1-16(2,14(20)18-10-13-4-3-9-22-13)15(21)19-12-7-5-11(17)6-8-12/h5-8,13H,3-4,9-10H2,1-2H3,(H,18,20)(H,19,21). The molecule has 2 N–H and O–H groups in total. The van der Waals surface area contributed by atoms with E-state index in [-0.39, 0.29) is 17.9 Å². The summed E-state index contributed by atoms with van der Waals surface area (Å²) in [6.45, 7) is 4.43. The monoisotopic (exact) mass is 368 g/mol. The molecule has 2 amide bonds. The van der Waals surface area contributed by atoms with Crippen LogP contribution in [-0.4, -0.2) is 31.1 Å². The first kappa shape index (κ1) is 17.0. The lowest BCUT2D eigenvalue weighted by atomic mass is 9.91. The quantitative estimate of drug-likeness (QED) is 0.785. The molecule has 5 nitrogen and oxygen atoms in total. The zero-order valence-electron chi connectivity index (χ0n) is 12.8. The number of hydrogen-bond acceptors (Lipinski definition) is 3. The summed E-state index contributed by atoms with van der Waals surface area (Å²) >= 11 is 3.34. The molecule has 0 bridgehead atoms. The molecule has 0 aromatic heterocycles. The average molecular weight is 369 g/mol. The maximum absolute atomic E-state index is 12.3. The Kier molecular flexibility index (Phi) is 5.58. The van der Waals surface area contributed by atoms with Crippen LogP contribution in [0.15, 0.2) is 28.7 Å². The maximum atomic E-state index is 12.3. The van der Waals surface area contributed by atoms with Crippen LogP contribution in [0.3, 0.4) is 0 Å². The minimum Gasteiger partial charge on any atom is -0.376 e. The molecule has 1 aromatic rings. The van der Waals surface area contributed by atoms with E-state index >= 15 is 0 Å². The third kappa shape index (κ3) is 4.30. The van der Waals surface area contributed by atoms with Crippen LogP contribution < -0.4 is 10.6 Å². The number of rotatable bonds is 5. The first-order chi connectivity index (χ1) is 10.4. The van der Waals surface area contributed by atoms with E-state index in [1.165, 1.54) is 0 Å². The van der Waals surface area contributed by atoms with E-state index in [9.17, 15) is 9.59 Å². The molecule has 1 aliphatic rings. The van der Waals surface area contributed by atoms with Gasteiger partial charge in [-0.3, -0.25) is 9.59 Å². The fourth-order valence-corrected chi connectivity index (χ4v) is 2.42. The van der Waals surface area contributed by atoms with Gasteiger partial charge in [-0.1, -0.05) is 15.9 Å². The first-order valence-corrected chi connectivity index (χ1v) is 8.16. The van der Waals surface area contributed by atoms with Crippen LogP contribution in [0.5, 0.6) is 0 Å². The van der Waals surface area contributed by atoms with Crippen molar-refractivity contribution in [2.75, 3.05) is 18.5 Å². The molecular formula is C16H21BrN2O3. The fourth-order valence-electron chi connectivity index (χ4n) is 2.16. The zero-order chi connectivity index (χ0) is 16.2. The molecule has 1 atom stereocenters. The van der Waals surface area contributed by atoms with Crippen LogP contribution in [-0.2, 0) is 14.3 Å². The number of amides is 2. The average Bonchev–Trinajstić information content (AvgIpc) is 3.00. The van der Waals surface area contributed by atoms with Crippen LogP contribution in [0.25, 0.3) is 0 Å². The van der Waals surface area contributed by atoms with Crippen molar-refractivity contribution in [2.24, 2.45) is 5.41 Å². The van der Waals surface area contributed by atoms with Gasteiger partial charge in [0.05, 0.1) is 6.10 Å². The Morgan fingerprint density at radius 2 is 1.95 bits per heavy atom. The van der Waals surface area contributed by atoms with E-state index in [1.807, 2.05) is 12.1 Å². The summed E-state index contributed by atoms with van der Waals surface area (Å²) in [5.74, 6) is -0.628. The van der Waals surface area contributed by atoms with Crippen LogP contribution in [0.4, 0.5) is 5.69 Å². The van der Waals surface area contributed by atoms with Crippen molar-refractivity contribution < 1.29 is 14.3 Å². The summed E-state index contributed by atoms with van der Waals surface area (Å²) in [4.78, 5) is 24.6. The van der Waals surface area contributed by atoms with Gasteiger partial charge in [-0.25, -0.2) is 0 Å². The summed E-state index contributed by atoms with van der Waals surface area (Å²) in [7, 11) is 0. The van der Waals surface area contributed by atoms with Crippen LogP contribution in [0.2, 0.25) is 0 Å². The maximum Gasteiger partial charge on any atom is 0.239 e. The van der Waals surface area contributed by atoms with Crippen LogP contribution in [0, 0.1) is 5.41 Å². The van der Waals surface area contributed by atoms with Gasteiger partial charge in [0, 0.05) is 23.3 Å². The van der Waals surface area contributed by atoms with Gasteiger partial charge in [0.1, 0.15) is 5.41 Å². The van der Waals surface area contributed by atoms with Crippen LogP contribution in [0.1, 0.15) is 26.7 Å². The third-order valence-corrected chi connectivity index (χ3v) is 4.28. The zero-order valence-corrected chi connectivity index (χ0v) is 14.4. The normalized spacial score (nSPS) is 18.0. The first-order valence-electron chi connectivity index (χ1n) is 7.36.